The third-order valence-electron chi connectivity index (χ3n) is 7.23. The lowest BCUT2D eigenvalue weighted by molar-refractivity contribution is -0.127. The summed E-state index contributed by atoms with van der Waals surface area (Å²) in [4.78, 5) is 27.9. The number of ether oxygens (including phenoxy) is 1. The highest BCUT2D eigenvalue weighted by Crippen LogP contribution is 2.35. The summed E-state index contributed by atoms with van der Waals surface area (Å²) in [6, 6.07) is 14.4. The summed E-state index contributed by atoms with van der Waals surface area (Å²) in [6.45, 7) is 0.890. The van der Waals surface area contributed by atoms with Gasteiger partial charge in [0.05, 0.1) is 12.7 Å². The summed E-state index contributed by atoms with van der Waals surface area (Å²) >= 11 is 0. The molecule has 3 N–H and O–H groups in total. The maximum Gasteiger partial charge on any atom is 0.321 e. The number of carbonyl (C=O) groups excluding carboxylic acids is 2. The second-order valence-electron chi connectivity index (χ2n) is 9.58. The first kappa shape index (κ1) is 24.5. The maximum atomic E-state index is 13.5. The highest BCUT2D eigenvalue weighted by Gasteiger charge is 2.47. The number of rotatable bonds is 1. The van der Waals surface area contributed by atoms with Crippen molar-refractivity contribution in [2.24, 2.45) is 0 Å². The van der Waals surface area contributed by atoms with Crippen LogP contribution in [0.4, 0.5) is 10.5 Å². The first-order chi connectivity index (χ1) is 17.3. The fraction of sp³-hybridized carbons (Fsp3) is 0.440. The van der Waals surface area contributed by atoms with Gasteiger partial charge < -0.3 is 25.4 Å². The number of fused-ring (bicyclic) bond motifs is 2. The van der Waals surface area contributed by atoms with E-state index in [0.717, 1.165) is 4.31 Å². The molecule has 2 atom stereocenters. The average Bonchev–Trinajstić information content (AvgIpc) is 3.27. The van der Waals surface area contributed by atoms with E-state index in [2.05, 4.69) is 10.6 Å². The average molecular weight is 515 g/mol. The van der Waals surface area contributed by atoms with Gasteiger partial charge >= 0.3 is 6.03 Å². The Balaban J connectivity index is 1.37. The Morgan fingerprint density at radius 1 is 1.06 bits per heavy atom. The predicted molar refractivity (Wildman–Crippen MR) is 132 cm³/mol. The molecular formula is C25H30N4O6S. The van der Waals surface area contributed by atoms with Gasteiger partial charge in [0, 0.05) is 43.7 Å². The van der Waals surface area contributed by atoms with Crippen LogP contribution in [0.2, 0.25) is 0 Å². The van der Waals surface area contributed by atoms with E-state index in [4.69, 9.17) is 4.74 Å². The van der Waals surface area contributed by atoms with E-state index < -0.39 is 33.6 Å². The van der Waals surface area contributed by atoms with Crippen LogP contribution in [0.25, 0.3) is 0 Å². The summed E-state index contributed by atoms with van der Waals surface area (Å²) in [5, 5.41) is 16.3. The van der Waals surface area contributed by atoms with E-state index in [1.165, 1.54) is 6.07 Å². The molecule has 1 spiro atoms. The Labute approximate surface area is 210 Å². The molecule has 11 heteroatoms. The van der Waals surface area contributed by atoms with E-state index in [-0.39, 0.29) is 36.2 Å². The zero-order valence-electron chi connectivity index (χ0n) is 19.8. The molecule has 36 heavy (non-hydrogen) atoms. The fourth-order valence-corrected chi connectivity index (χ4v) is 6.97. The van der Waals surface area contributed by atoms with Gasteiger partial charge in [-0.1, -0.05) is 30.3 Å². The molecule has 0 radical (unpaired) electrons. The van der Waals surface area contributed by atoms with Crippen LogP contribution in [-0.2, 0) is 14.8 Å². The van der Waals surface area contributed by atoms with E-state index in [9.17, 15) is 23.1 Å². The van der Waals surface area contributed by atoms with Gasteiger partial charge in [-0.15, -0.1) is 0 Å². The van der Waals surface area contributed by atoms with Crippen LogP contribution < -0.4 is 15.4 Å². The summed E-state index contributed by atoms with van der Waals surface area (Å²) < 4.78 is 33.9. The standard InChI is InChI=1S/C25H30N4O6S/c30-19-16-20-23(31)27-25(10-13-28(14-11-25)24(32)26-18-6-2-1-3-7-18)12-15-35-21-8-4-5-9-22(21)36(33,34)29(20)17-19/h1-9,19-20,30H,10-17H2,(H,26,32)(H,27,31)/t19-,20+/m1/s1. The number of carbonyl (C=O) groups is 2. The normalized spacial score (nSPS) is 25.6. The third-order valence-corrected chi connectivity index (χ3v) is 9.15. The van der Waals surface area contributed by atoms with Gasteiger partial charge in [-0.2, -0.15) is 4.31 Å². The van der Waals surface area contributed by atoms with Crippen molar-refractivity contribution >= 4 is 27.6 Å². The second-order valence-corrected chi connectivity index (χ2v) is 11.4. The number of aliphatic hydroxyl groups excluding tert-OH is 1. The van der Waals surface area contributed by atoms with E-state index >= 15 is 0 Å². The minimum atomic E-state index is -4.07. The molecule has 0 unspecified atom stereocenters. The number of sulfonamides is 1. The van der Waals surface area contributed by atoms with E-state index in [0.29, 0.717) is 38.0 Å². The molecule has 5 rings (SSSR count). The number of likely N-dealkylation sites (tertiary alicyclic amines) is 1. The first-order valence-electron chi connectivity index (χ1n) is 12.1. The van der Waals surface area contributed by atoms with Gasteiger partial charge in [0.25, 0.3) is 0 Å². The zero-order valence-corrected chi connectivity index (χ0v) is 20.6. The van der Waals surface area contributed by atoms with Gasteiger partial charge in [-0.3, -0.25) is 4.79 Å². The SMILES string of the molecule is O=C1NC2(CCOc3ccccc3S(=O)(=O)N3C[C@H](O)C[C@@H]13)CCN(C(=O)Nc1ccccc1)CC2. The molecule has 3 amide bonds. The van der Waals surface area contributed by atoms with E-state index in [1.54, 1.807) is 23.1 Å². The van der Waals surface area contributed by atoms with Crippen LogP contribution in [0.5, 0.6) is 5.75 Å². The Hall–Kier alpha value is -3.15. The monoisotopic (exact) mass is 514 g/mol. The highest BCUT2D eigenvalue weighted by molar-refractivity contribution is 7.89. The molecule has 0 bridgehead atoms. The number of anilines is 1. The Bertz CT molecular complexity index is 1230. The Morgan fingerprint density at radius 3 is 2.50 bits per heavy atom. The topological polar surface area (TPSA) is 128 Å². The number of nitrogens with one attached hydrogen (secondary N) is 2. The van der Waals surface area contributed by atoms with Crippen LogP contribution in [0.15, 0.2) is 59.5 Å². The molecule has 3 heterocycles. The fourth-order valence-electron chi connectivity index (χ4n) is 5.20. The number of piperidine rings is 1. The van der Waals surface area contributed by atoms with Crippen LogP contribution in [0.3, 0.4) is 0 Å². The van der Waals surface area contributed by atoms with Crippen molar-refractivity contribution in [1.82, 2.24) is 14.5 Å². The molecule has 0 saturated carbocycles. The first-order valence-corrected chi connectivity index (χ1v) is 13.6. The van der Waals surface area contributed by atoms with Gasteiger partial charge in [0.15, 0.2) is 0 Å². The van der Waals surface area contributed by atoms with Gasteiger partial charge in [0.1, 0.15) is 16.7 Å². The predicted octanol–water partition coefficient (Wildman–Crippen LogP) is 1.78. The van der Waals surface area contributed by atoms with Crippen molar-refractivity contribution in [3.05, 3.63) is 54.6 Å². The number of aliphatic hydroxyl groups is 1. The number of hydrogen-bond acceptors (Lipinski definition) is 6. The minimum absolute atomic E-state index is 0.0137. The quantitative estimate of drug-likeness (QED) is 0.532. The molecule has 2 fully saturated rings. The van der Waals surface area contributed by atoms with Crippen molar-refractivity contribution in [2.75, 3.05) is 31.6 Å². The molecule has 2 saturated heterocycles. The lowest BCUT2D eigenvalue weighted by Gasteiger charge is -2.43. The molecule has 2 aromatic carbocycles. The van der Waals surface area contributed by atoms with Crippen LogP contribution >= 0.6 is 0 Å². The number of hydrogen-bond donors (Lipinski definition) is 3. The Kier molecular flexibility index (Phi) is 6.62. The maximum absolute atomic E-state index is 13.5. The third kappa shape index (κ3) is 4.78. The molecule has 3 aliphatic rings. The molecule has 3 aliphatic heterocycles. The molecule has 192 valence electrons. The summed E-state index contributed by atoms with van der Waals surface area (Å²) in [5.74, 6) is -0.210. The number of nitrogens with zero attached hydrogens (tertiary/aromatic N) is 2. The Morgan fingerprint density at radius 2 is 1.75 bits per heavy atom. The lowest BCUT2D eigenvalue weighted by Crippen LogP contribution is -2.60. The number of benzene rings is 2. The highest BCUT2D eigenvalue weighted by atomic mass is 32.2. The number of para-hydroxylation sites is 2. The van der Waals surface area contributed by atoms with Crippen molar-refractivity contribution < 1.29 is 27.9 Å². The zero-order chi connectivity index (χ0) is 25.3. The largest absolute Gasteiger partial charge is 0.492 e. The minimum Gasteiger partial charge on any atom is -0.492 e. The second kappa shape index (κ2) is 9.72. The smallest absolute Gasteiger partial charge is 0.321 e. The molecule has 0 aromatic heterocycles. The van der Waals surface area contributed by atoms with Gasteiger partial charge in [-0.05, 0) is 37.1 Å². The van der Waals surface area contributed by atoms with Crippen LogP contribution in [0.1, 0.15) is 25.7 Å². The molecular weight excluding hydrogens is 484 g/mol. The van der Waals surface area contributed by atoms with Crippen molar-refractivity contribution in [3.8, 4) is 5.75 Å². The van der Waals surface area contributed by atoms with Gasteiger partial charge in [0.2, 0.25) is 15.9 Å². The molecule has 2 aromatic rings. The summed E-state index contributed by atoms with van der Waals surface area (Å²) in [7, 11) is -4.07. The van der Waals surface area contributed by atoms with Gasteiger partial charge in [-0.25, -0.2) is 13.2 Å². The van der Waals surface area contributed by atoms with Crippen molar-refractivity contribution in [1.29, 1.82) is 0 Å². The number of amides is 3. The van der Waals surface area contributed by atoms with Crippen molar-refractivity contribution in [3.63, 3.8) is 0 Å². The molecule has 10 nitrogen and oxygen atoms in total. The molecule has 0 aliphatic carbocycles. The summed E-state index contributed by atoms with van der Waals surface area (Å²) in [6.07, 6.45) is 0.528. The van der Waals surface area contributed by atoms with Crippen molar-refractivity contribution in [2.45, 2.75) is 48.3 Å². The number of urea groups is 1. The van der Waals surface area contributed by atoms with Crippen LogP contribution in [-0.4, -0.2) is 78.6 Å². The summed E-state index contributed by atoms with van der Waals surface area (Å²) in [5.41, 5.74) is 0.0438. The van der Waals surface area contributed by atoms with Crippen LogP contribution in [0, 0.1) is 0 Å². The lowest BCUT2D eigenvalue weighted by atomic mass is 9.84. The van der Waals surface area contributed by atoms with E-state index in [1.807, 2.05) is 30.3 Å².